The average Bonchev–Trinajstić information content (AvgIpc) is 1.64. The van der Waals surface area contributed by atoms with Gasteiger partial charge in [-0.1, -0.05) is 21.3 Å². The molecule has 0 spiro atoms. The van der Waals surface area contributed by atoms with Crippen LogP contribution in [0.4, 0.5) is 0 Å². The van der Waals surface area contributed by atoms with E-state index >= 15 is 0 Å². The van der Waals surface area contributed by atoms with Crippen molar-refractivity contribution >= 4 is 5.97 Å². The molecule has 1 atom stereocenters. The molecule has 0 fully saturated rings. The Morgan fingerprint density at radius 2 is 1.89 bits per heavy atom. The minimum Gasteiger partial charge on any atom is -0.480 e. The third-order valence-electron chi connectivity index (χ3n) is 1.00. The molecule has 0 aromatic carbocycles. The van der Waals surface area contributed by atoms with Gasteiger partial charge in [0.1, 0.15) is 6.04 Å². The molecule has 0 radical (unpaired) electrons. The van der Waals surface area contributed by atoms with Crippen molar-refractivity contribution in [3.63, 3.8) is 0 Å². The van der Waals surface area contributed by atoms with Crippen LogP contribution >= 0.6 is 0 Å². The van der Waals surface area contributed by atoms with E-state index in [0.29, 0.717) is 0 Å². The van der Waals surface area contributed by atoms with Crippen LogP contribution in [0.1, 0.15) is 21.3 Å². The summed E-state index contributed by atoms with van der Waals surface area (Å²) >= 11 is 0. The first-order chi connectivity index (χ1) is 3.55. The van der Waals surface area contributed by atoms with Crippen LogP contribution in [0.5, 0.6) is 0 Å². The smallest absolute Gasteiger partial charge is 0.320 e. The maximum absolute atomic E-state index is 10.0. The maximum atomic E-state index is 10.0. The molecule has 3 heteroatoms. The minimum absolute atomic E-state index is 0. The van der Waals surface area contributed by atoms with E-state index in [1.54, 1.807) is 13.8 Å². The lowest BCUT2D eigenvalue weighted by molar-refractivity contribution is -0.139. The fraction of sp³-hybridized carbons (Fsp3) is 0.833. The summed E-state index contributed by atoms with van der Waals surface area (Å²) in [7, 11) is 0. The summed E-state index contributed by atoms with van der Waals surface area (Å²) in [5, 5.41) is 8.23. The van der Waals surface area contributed by atoms with Crippen LogP contribution < -0.4 is 5.73 Å². The fourth-order valence-electron chi connectivity index (χ4n) is 0.285. The highest BCUT2D eigenvalue weighted by Gasteiger charge is 2.14. The molecule has 0 aliphatic heterocycles. The van der Waals surface area contributed by atoms with E-state index in [9.17, 15) is 4.79 Å². The molecule has 0 aromatic heterocycles. The summed E-state index contributed by atoms with van der Waals surface area (Å²) < 4.78 is 0. The Morgan fingerprint density at radius 1 is 1.56 bits per heavy atom. The van der Waals surface area contributed by atoms with Crippen LogP contribution in [0.15, 0.2) is 0 Å². The molecule has 9 heavy (non-hydrogen) atoms. The molecule has 0 saturated carbocycles. The Labute approximate surface area is 55.9 Å². The van der Waals surface area contributed by atoms with Crippen LogP contribution in [0.3, 0.4) is 0 Å². The molecule has 0 bridgehead atoms. The Hall–Kier alpha value is -0.570. The van der Waals surface area contributed by atoms with Crippen molar-refractivity contribution in [2.45, 2.75) is 27.3 Å². The van der Waals surface area contributed by atoms with Crippen LogP contribution in [-0.4, -0.2) is 17.1 Å². The van der Waals surface area contributed by atoms with Crippen LogP contribution in [0, 0.1) is 5.92 Å². The topological polar surface area (TPSA) is 63.3 Å². The lowest BCUT2D eigenvalue weighted by atomic mass is 10.1. The van der Waals surface area contributed by atoms with E-state index in [2.05, 4.69) is 0 Å². The molecule has 3 nitrogen and oxygen atoms in total. The second kappa shape index (κ2) is 4.32. The quantitative estimate of drug-likeness (QED) is 0.582. The average molecular weight is 133 g/mol. The Balaban J connectivity index is 0. The van der Waals surface area contributed by atoms with Crippen molar-refractivity contribution in [3.8, 4) is 0 Å². The highest BCUT2D eigenvalue weighted by Crippen LogP contribution is 1.96. The molecule has 0 aliphatic rings. The van der Waals surface area contributed by atoms with Crippen molar-refractivity contribution < 1.29 is 9.90 Å². The molecule has 0 rings (SSSR count). The van der Waals surface area contributed by atoms with E-state index in [1.165, 1.54) is 0 Å². The number of aliphatic carboxylic acids is 1. The SMILES string of the molecule is C.CC(C)[C@@H](N)C(=O)O. The van der Waals surface area contributed by atoms with Gasteiger partial charge in [0.05, 0.1) is 0 Å². The summed E-state index contributed by atoms with van der Waals surface area (Å²) in [6.07, 6.45) is 0. The molecule has 0 aliphatic carbocycles. The summed E-state index contributed by atoms with van der Waals surface area (Å²) in [6, 6.07) is -0.713. The van der Waals surface area contributed by atoms with Gasteiger partial charge in [-0.2, -0.15) is 0 Å². The van der Waals surface area contributed by atoms with Gasteiger partial charge in [-0.05, 0) is 5.92 Å². The molecular weight excluding hydrogens is 118 g/mol. The van der Waals surface area contributed by atoms with Gasteiger partial charge in [0.15, 0.2) is 0 Å². The lowest BCUT2D eigenvalue weighted by Gasteiger charge is -2.07. The van der Waals surface area contributed by atoms with Crippen molar-refractivity contribution in [1.82, 2.24) is 0 Å². The number of nitrogens with two attached hydrogens (primary N) is 1. The molecule has 56 valence electrons. The first kappa shape index (κ1) is 11.3. The summed E-state index contributed by atoms with van der Waals surface area (Å²) in [5.41, 5.74) is 5.16. The number of rotatable bonds is 2. The number of carboxylic acids is 1. The van der Waals surface area contributed by atoms with E-state index in [1.807, 2.05) is 0 Å². The number of carboxylic acid groups (broad SMARTS) is 1. The maximum Gasteiger partial charge on any atom is 0.320 e. The first-order valence-electron chi connectivity index (χ1n) is 2.54. The van der Waals surface area contributed by atoms with Gasteiger partial charge in [0.25, 0.3) is 0 Å². The highest BCUT2D eigenvalue weighted by atomic mass is 16.4. The standard InChI is InChI=1S/C5H11NO2.CH4/c1-3(2)4(6)5(7)8;/h3-4H,6H2,1-2H3,(H,7,8);1H4/t4-;/m1./s1. The molecule has 0 aromatic rings. The van der Waals surface area contributed by atoms with Gasteiger partial charge in [-0.3, -0.25) is 4.79 Å². The van der Waals surface area contributed by atoms with Crippen LogP contribution in [0.2, 0.25) is 0 Å². The van der Waals surface area contributed by atoms with Crippen LogP contribution in [-0.2, 0) is 4.79 Å². The highest BCUT2D eigenvalue weighted by molar-refractivity contribution is 5.73. The Kier molecular flexibility index (Phi) is 5.41. The van der Waals surface area contributed by atoms with Crippen molar-refractivity contribution in [1.29, 1.82) is 0 Å². The second-order valence-corrected chi connectivity index (χ2v) is 2.11. The zero-order valence-electron chi connectivity index (χ0n) is 5.09. The summed E-state index contributed by atoms with van der Waals surface area (Å²) in [6.45, 7) is 3.55. The molecule has 0 amide bonds. The number of hydrogen-bond acceptors (Lipinski definition) is 2. The van der Waals surface area contributed by atoms with Crippen molar-refractivity contribution in [2.75, 3.05) is 0 Å². The lowest BCUT2D eigenvalue weighted by Crippen LogP contribution is -2.34. The summed E-state index contributed by atoms with van der Waals surface area (Å²) in [4.78, 5) is 10.0. The predicted octanol–water partition coefficient (Wildman–Crippen LogP) is 0.690. The monoisotopic (exact) mass is 133 g/mol. The van der Waals surface area contributed by atoms with Gasteiger partial charge in [-0.25, -0.2) is 0 Å². The van der Waals surface area contributed by atoms with E-state index in [0.717, 1.165) is 0 Å². The van der Waals surface area contributed by atoms with E-state index < -0.39 is 12.0 Å². The van der Waals surface area contributed by atoms with E-state index in [-0.39, 0.29) is 13.3 Å². The van der Waals surface area contributed by atoms with Crippen LogP contribution in [0.25, 0.3) is 0 Å². The third kappa shape index (κ3) is 3.97. The first-order valence-corrected chi connectivity index (χ1v) is 2.54. The minimum atomic E-state index is -0.931. The van der Waals surface area contributed by atoms with Gasteiger partial charge < -0.3 is 10.8 Å². The fourth-order valence-corrected chi connectivity index (χ4v) is 0.285. The van der Waals surface area contributed by atoms with Gasteiger partial charge in [0, 0.05) is 0 Å². The molecule has 0 saturated heterocycles. The zero-order valence-corrected chi connectivity index (χ0v) is 5.09. The zero-order chi connectivity index (χ0) is 6.73. The second-order valence-electron chi connectivity index (χ2n) is 2.11. The molecule has 0 unspecified atom stereocenters. The number of carbonyl (C=O) groups is 1. The molecule has 0 heterocycles. The predicted molar refractivity (Wildman–Crippen MR) is 37.2 cm³/mol. The Bertz CT molecular complexity index is 91.1. The normalized spacial score (nSPS) is 12.4. The molecular formula is C6H15NO2. The van der Waals surface area contributed by atoms with Gasteiger partial charge in [0.2, 0.25) is 0 Å². The molecule has 3 N–H and O–H groups in total. The summed E-state index contributed by atoms with van der Waals surface area (Å²) in [5.74, 6) is -0.910. The van der Waals surface area contributed by atoms with Gasteiger partial charge >= 0.3 is 5.97 Å². The van der Waals surface area contributed by atoms with E-state index in [4.69, 9.17) is 10.8 Å². The van der Waals surface area contributed by atoms with Crippen molar-refractivity contribution in [3.05, 3.63) is 0 Å². The third-order valence-corrected chi connectivity index (χ3v) is 1.00. The Morgan fingerprint density at radius 3 is 1.89 bits per heavy atom. The van der Waals surface area contributed by atoms with Crippen molar-refractivity contribution in [2.24, 2.45) is 11.7 Å². The number of hydrogen-bond donors (Lipinski definition) is 2. The van der Waals surface area contributed by atoms with Gasteiger partial charge in [-0.15, -0.1) is 0 Å². The largest absolute Gasteiger partial charge is 0.480 e.